The molecule has 0 spiro atoms. The Morgan fingerprint density at radius 1 is 1.20 bits per heavy atom. The third-order valence-corrected chi connectivity index (χ3v) is 4.93. The quantitative estimate of drug-likeness (QED) is 0.728. The van der Waals surface area contributed by atoms with Crippen molar-refractivity contribution < 1.29 is 13.7 Å². The van der Waals surface area contributed by atoms with E-state index in [2.05, 4.69) is 10.3 Å². The normalized spacial score (nSPS) is 12.4. The highest BCUT2D eigenvalue weighted by Gasteiger charge is 2.21. The van der Waals surface area contributed by atoms with Crippen molar-refractivity contribution in [2.45, 2.75) is 4.90 Å². The number of fused-ring (bicyclic) bond motifs is 1. The number of rotatable bonds is 4. The first-order valence-corrected chi connectivity index (χ1v) is 8.61. The van der Waals surface area contributed by atoms with E-state index in [1.807, 2.05) is 18.2 Å². The highest BCUT2D eigenvalue weighted by Crippen LogP contribution is 2.22. The van der Waals surface area contributed by atoms with Gasteiger partial charge in [-0.2, -0.15) is 0 Å². The molecule has 0 aliphatic rings. The van der Waals surface area contributed by atoms with Crippen LogP contribution >= 0.6 is 0 Å². The van der Waals surface area contributed by atoms with E-state index >= 15 is 0 Å². The van der Waals surface area contributed by atoms with Gasteiger partial charge in [0.2, 0.25) is 4.90 Å². The number of pyridine rings is 1. The number of amides is 1. The number of carbonyl (C=O) groups excluding carboxylic acids is 1. The molecule has 0 aliphatic heterocycles. The summed E-state index contributed by atoms with van der Waals surface area (Å²) >= 11 is -1.64. The van der Waals surface area contributed by atoms with Crippen LogP contribution in [-0.4, -0.2) is 33.8 Å². The number of benzene rings is 2. The first-order chi connectivity index (χ1) is 12.0. The van der Waals surface area contributed by atoms with Crippen molar-refractivity contribution in [2.24, 2.45) is 0 Å². The number of hydrogen-bond donors (Lipinski definition) is 1. The van der Waals surface area contributed by atoms with Crippen LogP contribution in [0.2, 0.25) is 0 Å². The summed E-state index contributed by atoms with van der Waals surface area (Å²) in [6.07, 6.45) is 1.66. The number of aromatic nitrogens is 1. The zero-order valence-corrected chi connectivity index (χ0v) is 14.5. The molecule has 1 unspecified atom stereocenters. The van der Waals surface area contributed by atoms with Gasteiger partial charge in [0.1, 0.15) is 0 Å². The number of nitrogens with one attached hydrogen (secondary N) is 1. The minimum Gasteiger partial charge on any atom is -0.593 e. The number of anilines is 1. The van der Waals surface area contributed by atoms with Gasteiger partial charge in [-0.3, -0.25) is 9.78 Å². The zero-order valence-electron chi connectivity index (χ0n) is 13.7. The Morgan fingerprint density at radius 2 is 2.00 bits per heavy atom. The lowest BCUT2D eigenvalue weighted by molar-refractivity contribution is 0.102. The first-order valence-electron chi connectivity index (χ1n) is 7.50. The van der Waals surface area contributed by atoms with E-state index in [0.717, 1.165) is 5.39 Å². The summed E-state index contributed by atoms with van der Waals surface area (Å²) < 4.78 is 27.4. The lowest BCUT2D eigenvalue weighted by atomic mass is 10.1. The van der Waals surface area contributed by atoms with Gasteiger partial charge < -0.3 is 9.87 Å². The Balaban J connectivity index is 1.85. The Labute approximate surface area is 147 Å². The molecule has 0 radical (unpaired) electrons. The van der Waals surface area contributed by atoms with Gasteiger partial charge in [-0.1, -0.05) is 12.1 Å². The Hall–Kier alpha value is -2.48. The summed E-state index contributed by atoms with van der Waals surface area (Å²) in [6.45, 7) is 0. The van der Waals surface area contributed by atoms with Crippen molar-refractivity contribution in [3.63, 3.8) is 0 Å². The first kappa shape index (κ1) is 17.3. The van der Waals surface area contributed by atoms with Gasteiger partial charge in [0, 0.05) is 43.0 Å². The van der Waals surface area contributed by atoms with Gasteiger partial charge >= 0.3 is 0 Å². The summed E-state index contributed by atoms with van der Waals surface area (Å²) in [4.78, 5) is 16.7. The number of hydrogen-bond acceptors (Lipinski definition) is 4. The maximum absolute atomic E-state index is 13.9. The van der Waals surface area contributed by atoms with Crippen LogP contribution < -0.4 is 5.32 Å². The minimum absolute atomic E-state index is 0.0166. The molecule has 1 amide bonds. The smallest absolute Gasteiger partial charge is 0.255 e. The van der Waals surface area contributed by atoms with E-state index in [9.17, 15) is 13.7 Å². The van der Waals surface area contributed by atoms with Crippen molar-refractivity contribution in [3.05, 3.63) is 66.1 Å². The summed E-state index contributed by atoms with van der Waals surface area (Å²) in [6, 6.07) is 12.9. The van der Waals surface area contributed by atoms with E-state index in [4.69, 9.17) is 0 Å². The SMILES string of the molecule is CN(C)[S+]([O-])c1cc(NC(=O)c2ccc3cccnc3c2)ccc1F. The molecule has 0 saturated carbocycles. The van der Waals surface area contributed by atoms with Crippen molar-refractivity contribution in [1.82, 2.24) is 9.29 Å². The van der Waals surface area contributed by atoms with Crippen LogP contribution in [-0.2, 0) is 11.4 Å². The molecule has 0 aliphatic carbocycles. The molecule has 0 fully saturated rings. The van der Waals surface area contributed by atoms with E-state index in [-0.39, 0.29) is 10.8 Å². The van der Waals surface area contributed by atoms with Gasteiger partial charge in [0.05, 0.1) is 16.9 Å². The van der Waals surface area contributed by atoms with Gasteiger partial charge in [0.15, 0.2) is 5.82 Å². The number of nitrogens with zero attached hydrogens (tertiary/aromatic N) is 2. The molecule has 3 aromatic rings. The molecule has 7 heteroatoms. The fourth-order valence-electron chi connectivity index (χ4n) is 2.32. The van der Waals surface area contributed by atoms with Crippen LogP contribution in [0.15, 0.2) is 59.6 Å². The maximum atomic E-state index is 13.9. The van der Waals surface area contributed by atoms with Crippen LogP contribution in [0.25, 0.3) is 10.9 Å². The Morgan fingerprint density at radius 3 is 2.76 bits per heavy atom. The second-order valence-corrected chi connectivity index (χ2v) is 7.24. The summed E-state index contributed by atoms with van der Waals surface area (Å²) in [7, 11) is 3.17. The van der Waals surface area contributed by atoms with Crippen molar-refractivity contribution in [1.29, 1.82) is 0 Å². The van der Waals surface area contributed by atoms with Crippen molar-refractivity contribution in [3.8, 4) is 0 Å². The molecular weight excluding hydrogens is 341 g/mol. The fourth-order valence-corrected chi connectivity index (χ4v) is 3.18. The van der Waals surface area contributed by atoms with Crippen LogP contribution in [0, 0.1) is 5.82 Å². The molecule has 1 atom stereocenters. The molecule has 25 heavy (non-hydrogen) atoms. The van der Waals surface area contributed by atoms with E-state index in [0.29, 0.717) is 16.8 Å². The lowest BCUT2D eigenvalue weighted by Crippen LogP contribution is -2.23. The average Bonchev–Trinajstić information content (AvgIpc) is 2.62. The third kappa shape index (κ3) is 3.79. The molecule has 3 rings (SSSR count). The van der Waals surface area contributed by atoms with E-state index in [1.165, 1.54) is 22.5 Å². The van der Waals surface area contributed by atoms with Crippen molar-refractivity contribution >= 4 is 33.9 Å². The van der Waals surface area contributed by atoms with Gasteiger partial charge in [-0.05, 0) is 30.3 Å². The molecule has 2 aromatic carbocycles. The highest BCUT2D eigenvalue weighted by atomic mass is 32.2. The largest absolute Gasteiger partial charge is 0.593 e. The maximum Gasteiger partial charge on any atom is 0.255 e. The topological polar surface area (TPSA) is 68.3 Å². The predicted octanol–water partition coefficient (Wildman–Crippen LogP) is 3.21. The van der Waals surface area contributed by atoms with E-state index in [1.54, 1.807) is 32.4 Å². The second kappa shape index (κ2) is 7.18. The predicted molar refractivity (Wildman–Crippen MR) is 96.2 cm³/mol. The summed E-state index contributed by atoms with van der Waals surface area (Å²) in [5.74, 6) is -0.930. The fraction of sp³-hybridized carbons (Fsp3) is 0.111. The van der Waals surface area contributed by atoms with Crippen LogP contribution in [0.3, 0.4) is 0 Å². The van der Waals surface area contributed by atoms with Gasteiger partial charge in [-0.15, -0.1) is 4.31 Å². The van der Waals surface area contributed by atoms with Crippen LogP contribution in [0.5, 0.6) is 0 Å². The van der Waals surface area contributed by atoms with E-state index < -0.39 is 17.2 Å². The third-order valence-electron chi connectivity index (χ3n) is 3.58. The molecule has 128 valence electrons. The molecular formula is C18H16FN3O2S. The Kier molecular flexibility index (Phi) is 4.98. The molecule has 1 N–H and O–H groups in total. The van der Waals surface area contributed by atoms with Gasteiger partial charge in [-0.25, -0.2) is 4.39 Å². The van der Waals surface area contributed by atoms with Crippen LogP contribution in [0.4, 0.5) is 10.1 Å². The highest BCUT2D eigenvalue weighted by molar-refractivity contribution is 7.89. The molecule has 5 nitrogen and oxygen atoms in total. The zero-order chi connectivity index (χ0) is 18.0. The summed E-state index contributed by atoms with van der Waals surface area (Å²) in [5, 5.41) is 3.63. The minimum atomic E-state index is -1.64. The molecule has 1 aromatic heterocycles. The summed E-state index contributed by atoms with van der Waals surface area (Å²) in [5.41, 5.74) is 1.52. The second-order valence-electron chi connectivity index (χ2n) is 5.57. The molecule has 0 bridgehead atoms. The Bertz CT molecular complexity index is 933. The lowest BCUT2D eigenvalue weighted by Gasteiger charge is -2.16. The molecule has 0 saturated heterocycles. The number of carbonyl (C=O) groups is 1. The molecule has 1 heterocycles. The van der Waals surface area contributed by atoms with Gasteiger partial charge in [0.25, 0.3) is 5.91 Å². The monoisotopic (exact) mass is 357 g/mol. The van der Waals surface area contributed by atoms with Crippen molar-refractivity contribution in [2.75, 3.05) is 19.4 Å². The average molecular weight is 357 g/mol. The van der Waals surface area contributed by atoms with Crippen LogP contribution in [0.1, 0.15) is 10.4 Å². The number of halogens is 1. The standard InChI is InChI=1S/C18H16FN3O2S/c1-22(2)25(24)17-11-14(7-8-15(17)19)21-18(23)13-6-5-12-4-3-9-20-16(12)10-13/h3-11H,1-2H3,(H,21,23).